The summed E-state index contributed by atoms with van der Waals surface area (Å²) in [6.45, 7) is 2.32. The van der Waals surface area contributed by atoms with E-state index in [1.54, 1.807) is 11.8 Å². The molecule has 4 aromatic rings. The summed E-state index contributed by atoms with van der Waals surface area (Å²) in [5, 5.41) is 16.9. The number of carbonyl (C=O) groups is 1. The quantitative estimate of drug-likeness (QED) is 0.539. The molecule has 8 heteroatoms. The highest BCUT2D eigenvalue weighted by Crippen LogP contribution is 2.25. The van der Waals surface area contributed by atoms with Crippen molar-refractivity contribution in [2.45, 2.75) is 12.8 Å². The number of para-hydroxylation sites is 1. The zero-order valence-electron chi connectivity index (χ0n) is 17.4. The molecule has 1 fully saturated rings. The summed E-state index contributed by atoms with van der Waals surface area (Å²) in [5.74, 6) is 0.620. The molecule has 0 saturated carbocycles. The summed E-state index contributed by atoms with van der Waals surface area (Å²) < 4.78 is 6.94. The lowest BCUT2D eigenvalue weighted by Crippen LogP contribution is -2.39. The second-order valence-corrected chi connectivity index (χ2v) is 7.90. The third-order valence-corrected chi connectivity index (χ3v) is 5.89. The van der Waals surface area contributed by atoms with Crippen LogP contribution in [0.25, 0.3) is 28.0 Å². The normalized spacial score (nSPS) is 14.9. The Hall–Kier alpha value is -3.52. The van der Waals surface area contributed by atoms with Crippen molar-refractivity contribution in [3.63, 3.8) is 0 Å². The number of rotatable bonds is 5. The van der Waals surface area contributed by atoms with Crippen LogP contribution in [0.5, 0.6) is 0 Å². The average molecular weight is 416 g/mol. The van der Waals surface area contributed by atoms with Gasteiger partial charge in [0.25, 0.3) is 5.91 Å². The Morgan fingerprint density at radius 3 is 2.68 bits per heavy atom. The Kier molecular flexibility index (Phi) is 5.21. The molecule has 158 valence electrons. The minimum atomic E-state index is 0.0738. The highest BCUT2D eigenvalue weighted by Gasteiger charge is 2.23. The molecule has 0 atom stereocenters. The molecule has 2 aromatic carbocycles. The first kappa shape index (κ1) is 19.4. The SMILES string of the molecule is COCC1CCN(C(=O)c2ccc(-n3cc(-c4n[nH]c5ccccc45)nn3)cc2)CC1. The lowest BCUT2D eigenvalue weighted by atomic mass is 9.97. The first-order valence-electron chi connectivity index (χ1n) is 10.5. The number of amides is 1. The molecule has 0 aliphatic carbocycles. The Morgan fingerprint density at radius 1 is 1.13 bits per heavy atom. The average Bonchev–Trinajstić information content (AvgIpc) is 3.47. The van der Waals surface area contributed by atoms with E-state index in [2.05, 4.69) is 20.5 Å². The monoisotopic (exact) mass is 416 g/mol. The molecule has 0 unspecified atom stereocenters. The fraction of sp³-hybridized carbons (Fsp3) is 0.304. The van der Waals surface area contributed by atoms with Gasteiger partial charge in [0.15, 0.2) is 0 Å². The Morgan fingerprint density at radius 2 is 1.90 bits per heavy atom. The Balaban J connectivity index is 1.30. The predicted molar refractivity (Wildman–Crippen MR) is 117 cm³/mol. The number of piperidine rings is 1. The van der Waals surface area contributed by atoms with Gasteiger partial charge in [-0.1, -0.05) is 23.4 Å². The molecule has 1 aliphatic heterocycles. The largest absolute Gasteiger partial charge is 0.384 e. The third kappa shape index (κ3) is 3.82. The number of hydrogen-bond donors (Lipinski definition) is 1. The number of H-pyrrole nitrogens is 1. The molecule has 8 nitrogen and oxygen atoms in total. The number of nitrogens with one attached hydrogen (secondary N) is 1. The van der Waals surface area contributed by atoms with E-state index in [4.69, 9.17) is 4.74 Å². The molecule has 1 amide bonds. The molecular weight excluding hydrogens is 392 g/mol. The van der Waals surface area contributed by atoms with Gasteiger partial charge in [0.1, 0.15) is 11.4 Å². The topological polar surface area (TPSA) is 88.9 Å². The Labute approximate surface area is 179 Å². The van der Waals surface area contributed by atoms with Gasteiger partial charge in [-0.05, 0) is 49.1 Å². The van der Waals surface area contributed by atoms with E-state index in [9.17, 15) is 4.79 Å². The summed E-state index contributed by atoms with van der Waals surface area (Å²) >= 11 is 0. The van der Waals surface area contributed by atoms with E-state index < -0.39 is 0 Å². The van der Waals surface area contributed by atoms with Gasteiger partial charge in [0.2, 0.25) is 0 Å². The number of fused-ring (bicyclic) bond motifs is 1. The molecule has 5 rings (SSSR count). The van der Waals surface area contributed by atoms with Crippen molar-refractivity contribution in [1.29, 1.82) is 0 Å². The van der Waals surface area contributed by atoms with E-state index in [0.717, 1.165) is 54.8 Å². The van der Waals surface area contributed by atoms with Crippen molar-refractivity contribution in [3.05, 3.63) is 60.3 Å². The summed E-state index contributed by atoms with van der Waals surface area (Å²) in [6.07, 6.45) is 3.82. The van der Waals surface area contributed by atoms with Crippen molar-refractivity contribution in [2.75, 3.05) is 26.8 Å². The van der Waals surface area contributed by atoms with Gasteiger partial charge >= 0.3 is 0 Å². The lowest BCUT2D eigenvalue weighted by Gasteiger charge is -2.31. The zero-order valence-corrected chi connectivity index (χ0v) is 17.4. The molecule has 1 saturated heterocycles. The molecule has 0 bridgehead atoms. The predicted octanol–water partition coefficient (Wildman–Crippen LogP) is 3.31. The second kappa shape index (κ2) is 8.31. The maximum absolute atomic E-state index is 12.8. The van der Waals surface area contributed by atoms with Gasteiger partial charge in [-0.25, -0.2) is 4.68 Å². The second-order valence-electron chi connectivity index (χ2n) is 7.90. The number of benzene rings is 2. The summed E-state index contributed by atoms with van der Waals surface area (Å²) in [6, 6.07) is 15.4. The van der Waals surface area contributed by atoms with Crippen LogP contribution in [0.4, 0.5) is 0 Å². The third-order valence-electron chi connectivity index (χ3n) is 5.89. The molecule has 2 aromatic heterocycles. The maximum Gasteiger partial charge on any atom is 0.253 e. The van der Waals surface area contributed by atoms with Gasteiger partial charge in [-0.3, -0.25) is 9.89 Å². The molecule has 0 radical (unpaired) electrons. The summed E-state index contributed by atoms with van der Waals surface area (Å²) in [7, 11) is 1.73. The van der Waals surface area contributed by atoms with Crippen LogP contribution < -0.4 is 0 Å². The van der Waals surface area contributed by atoms with Crippen LogP contribution in [-0.2, 0) is 4.74 Å². The van der Waals surface area contributed by atoms with Crippen molar-refractivity contribution in [1.82, 2.24) is 30.1 Å². The van der Waals surface area contributed by atoms with E-state index in [0.29, 0.717) is 17.2 Å². The van der Waals surface area contributed by atoms with Crippen molar-refractivity contribution in [3.8, 4) is 17.1 Å². The number of methoxy groups -OCH3 is 1. The first-order valence-corrected chi connectivity index (χ1v) is 10.5. The number of aromatic nitrogens is 5. The number of carbonyl (C=O) groups excluding carboxylic acids is 1. The van der Waals surface area contributed by atoms with E-state index in [1.807, 2.05) is 59.6 Å². The van der Waals surface area contributed by atoms with Crippen LogP contribution in [-0.4, -0.2) is 62.8 Å². The molecular formula is C23H24N6O2. The van der Waals surface area contributed by atoms with E-state index in [1.165, 1.54) is 0 Å². The van der Waals surface area contributed by atoms with Gasteiger partial charge in [-0.2, -0.15) is 5.10 Å². The fourth-order valence-corrected chi connectivity index (χ4v) is 4.13. The smallest absolute Gasteiger partial charge is 0.253 e. The first-order chi connectivity index (χ1) is 15.2. The summed E-state index contributed by atoms with van der Waals surface area (Å²) in [5.41, 5.74) is 3.95. The molecule has 0 spiro atoms. The van der Waals surface area contributed by atoms with Crippen molar-refractivity contribution >= 4 is 16.8 Å². The maximum atomic E-state index is 12.8. The van der Waals surface area contributed by atoms with Crippen LogP contribution in [0.1, 0.15) is 23.2 Å². The van der Waals surface area contributed by atoms with Crippen LogP contribution in [0.3, 0.4) is 0 Å². The zero-order chi connectivity index (χ0) is 21.2. The molecule has 3 heterocycles. The van der Waals surface area contributed by atoms with Gasteiger partial charge in [0, 0.05) is 37.8 Å². The molecule has 1 aliphatic rings. The standard InChI is InChI=1S/C23H24N6O2/c1-31-15-16-10-12-28(13-11-16)23(30)17-6-8-18(9-7-17)29-14-21(25-27-29)22-19-4-2-3-5-20(19)24-26-22/h2-9,14,16H,10-13,15H2,1H3,(H,24,26). The van der Waals surface area contributed by atoms with Crippen LogP contribution >= 0.6 is 0 Å². The van der Waals surface area contributed by atoms with Gasteiger partial charge in [-0.15, -0.1) is 5.10 Å². The van der Waals surface area contributed by atoms with Crippen molar-refractivity contribution in [2.24, 2.45) is 5.92 Å². The number of likely N-dealkylation sites (tertiary alicyclic amines) is 1. The minimum absolute atomic E-state index is 0.0738. The number of ether oxygens (including phenoxy) is 1. The number of aromatic amines is 1. The van der Waals surface area contributed by atoms with Crippen LogP contribution in [0.15, 0.2) is 54.7 Å². The van der Waals surface area contributed by atoms with E-state index >= 15 is 0 Å². The minimum Gasteiger partial charge on any atom is -0.384 e. The number of hydrogen-bond acceptors (Lipinski definition) is 5. The van der Waals surface area contributed by atoms with Crippen LogP contribution in [0.2, 0.25) is 0 Å². The van der Waals surface area contributed by atoms with E-state index in [-0.39, 0.29) is 5.91 Å². The summed E-state index contributed by atoms with van der Waals surface area (Å²) in [4.78, 5) is 14.8. The molecule has 31 heavy (non-hydrogen) atoms. The molecule has 1 N–H and O–H groups in total. The van der Waals surface area contributed by atoms with Crippen LogP contribution in [0, 0.1) is 5.92 Å². The fourth-order valence-electron chi connectivity index (χ4n) is 4.13. The van der Waals surface area contributed by atoms with Crippen molar-refractivity contribution < 1.29 is 9.53 Å². The highest BCUT2D eigenvalue weighted by atomic mass is 16.5. The highest BCUT2D eigenvalue weighted by molar-refractivity contribution is 5.94. The lowest BCUT2D eigenvalue weighted by molar-refractivity contribution is 0.0613. The van der Waals surface area contributed by atoms with Gasteiger partial charge in [0.05, 0.1) is 17.4 Å². The number of nitrogens with zero attached hydrogens (tertiary/aromatic N) is 5. The van der Waals surface area contributed by atoms with Gasteiger partial charge < -0.3 is 9.64 Å². The Bertz CT molecular complexity index is 1190.